The first kappa shape index (κ1) is 27.6. The first-order chi connectivity index (χ1) is 19.7. The number of fused-ring (bicyclic) bond motifs is 1. The third-order valence-electron chi connectivity index (χ3n) is 6.93. The van der Waals surface area contributed by atoms with E-state index in [0.29, 0.717) is 47.9 Å². The SMILES string of the molecule is CCOC(C)(C)/C=C(/C#N)C(=O)N1CC[C@H](n2c(=O)n(-c3ccc(Oc4ccccc4)cc3)c3c(N)ncnc32)C1. The Kier molecular flexibility index (Phi) is 7.59. The molecule has 5 rings (SSSR count). The van der Waals surface area contributed by atoms with Gasteiger partial charge < -0.3 is 20.1 Å². The van der Waals surface area contributed by atoms with Crippen LogP contribution in [0.2, 0.25) is 0 Å². The Morgan fingerprint density at radius 1 is 1.15 bits per heavy atom. The Labute approximate surface area is 237 Å². The molecule has 1 atom stereocenters. The molecule has 1 aliphatic heterocycles. The lowest BCUT2D eigenvalue weighted by molar-refractivity contribution is -0.126. The molecule has 4 aromatic rings. The molecular weight excluding hydrogens is 522 g/mol. The number of hydrogen-bond donors (Lipinski definition) is 1. The third kappa shape index (κ3) is 5.55. The Hall–Kier alpha value is -4.95. The number of imidazole rings is 1. The molecule has 1 saturated heterocycles. The van der Waals surface area contributed by atoms with Gasteiger partial charge in [0.1, 0.15) is 35.0 Å². The van der Waals surface area contributed by atoms with Crippen molar-refractivity contribution in [3.63, 3.8) is 0 Å². The van der Waals surface area contributed by atoms with Crippen LogP contribution in [0.25, 0.3) is 16.9 Å². The summed E-state index contributed by atoms with van der Waals surface area (Å²) in [5, 5.41) is 9.70. The molecule has 2 aromatic carbocycles. The predicted molar refractivity (Wildman–Crippen MR) is 154 cm³/mol. The molecule has 0 bridgehead atoms. The molecule has 11 nitrogen and oxygen atoms in total. The number of anilines is 1. The monoisotopic (exact) mass is 553 g/mol. The van der Waals surface area contributed by atoms with Crippen molar-refractivity contribution >= 4 is 22.9 Å². The number of aromatic nitrogens is 4. The van der Waals surface area contributed by atoms with Gasteiger partial charge in [-0.15, -0.1) is 0 Å². The topological polar surface area (TPSA) is 141 Å². The lowest BCUT2D eigenvalue weighted by atomic mass is 10.0. The van der Waals surface area contributed by atoms with E-state index in [1.165, 1.54) is 10.9 Å². The van der Waals surface area contributed by atoms with Crippen LogP contribution in [0, 0.1) is 11.3 Å². The van der Waals surface area contributed by atoms with Crippen molar-refractivity contribution in [1.29, 1.82) is 5.26 Å². The van der Waals surface area contributed by atoms with Crippen molar-refractivity contribution in [2.75, 3.05) is 25.4 Å². The summed E-state index contributed by atoms with van der Waals surface area (Å²) in [7, 11) is 0. The Balaban J connectivity index is 1.46. The van der Waals surface area contributed by atoms with Gasteiger partial charge in [-0.1, -0.05) is 18.2 Å². The number of rotatable bonds is 8. The highest BCUT2D eigenvalue weighted by atomic mass is 16.5. The number of nitrogens with zero attached hydrogens (tertiary/aromatic N) is 6. The second-order valence-electron chi connectivity index (χ2n) is 10.2. The fourth-order valence-electron chi connectivity index (χ4n) is 5.13. The van der Waals surface area contributed by atoms with Crippen LogP contribution in [0.1, 0.15) is 33.2 Å². The first-order valence-electron chi connectivity index (χ1n) is 13.4. The first-order valence-corrected chi connectivity index (χ1v) is 13.4. The van der Waals surface area contributed by atoms with Crippen molar-refractivity contribution in [2.24, 2.45) is 0 Å². The van der Waals surface area contributed by atoms with Gasteiger partial charge in [0.05, 0.1) is 17.3 Å². The van der Waals surface area contributed by atoms with Gasteiger partial charge in [0.15, 0.2) is 11.5 Å². The molecule has 0 spiro atoms. The lowest BCUT2D eigenvalue weighted by Crippen LogP contribution is -2.33. The number of carbonyl (C=O) groups excluding carboxylic acids is 1. The highest BCUT2D eigenvalue weighted by molar-refractivity contribution is 5.97. The van der Waals surface area contributed by atoms with Crippen molar-refractivity contribution in [3.8, 4) is 23.3 Å². The molecule has 0 unspecified atom stereocenters. The van der Waals surface area contributed by atoms with Crippen LogP contribution in [0.5, 0.6) is 11.5 Å². The molecule has 3 heterocycles. The standard InChI is InChI=1S/C30H31N7O4/c1-4-40-30(2,3)16-20(17-31)28(38)35-15-14-22(18-35)37-27-25(26(32)33-19-34-27)36(29(37)39)21-10-12-24(13-11-21)41-23-8-6-5-7-9-23/h5-13,16,19,22H,4,14-15,18H2,1-3H3,(H2,32,33,34)/b20-16-/t22-/m0/s1. The molecule has 2 aromatic heterocycles. The maximum Gasteiger partial charge on any atom is 0.335 e. The molecule has 1 fully saturated rings. The van der Waals surface area contributed by atoms with E-state index < -0.39 is 11.5 Å². The fourth-order valence-corrected chi connectivity index (χ4v) is 5.13. The Bertz CT molecular complexity index is 1700. The normalized spacial score (nSPS) is 15.7. The summed E-state index contributed by atoms with van der Waals surface area (Å²) in [5.74, 6) is 1.07. The molecule has 1 aliphatic rings. The van der Waals surface area contributed by atoms with Crippen LogP contribution in [0.3, 0.4) is 0 Å². The summed E-state index contributed by atoms with van der Waals surface area (Å²) in [5.41, 5.74) is 6.47. The number of hydrogen-bond acceptors (Lipinski definition) is 8. The van der Waals surface area contributed by atoms with Gasteiger partial charge in [0, 0.05) is 19.7 Å². The highest BCUT2D eigenvalue weighted by Crippen LogP contribution is 2.29. The quantitative estimate of drug-likeness (QED) is 0.255. The summed E-state index contributed by atoms with van der Waals surface area (Å²) in [6.07, 6.45) is 3.37. The van der Waals surface area contributed by atoms with Crippen LogP contribution in [-0.4, -0.2) is 55.2 Å². The summed E-state index contributed by atoms with van der Waals surface area (Å²) in [6.45, 7) is 6.51. The van der Waals surface area contributed by atoms with Gasteiger partial charge in [-0.2, -0.15) is 5.26 Å². The molecule has 11 heteroatoms. The minimum atomic E-state index is -0.769. The third-order valence-corrected chi connectivity index (χ3v) is 6.93. The highest BCUT2D eigenvalue weighted by Gasteiger charge is 2.33. The molecular formula is C30H31N7O4. The van der Waals surface area contributed by atoms with Gasteiger partial charge in [-0.05, 0) is 69.7 Å². The summed E-state index contributed by atoms with van der Waals surface area (Å²) in [4.78, 5) is 37.3. The smallest absolute Gasteiger partial charge is 0.335 e. The van der Waals surface area contributed by atoms with Crippen molar-refractivity contribution < 1.29 is 14.3 Å². The molecule has 1 amide bonds. The minimum Gasteiger partial charge on any atom is -0.457 e. The van der Waals surface area contributed by atoms with Crippen molar-refractivity contribution in [1.82, 2.24) is 24.0 Å². The number of benzene rings is 2. The Morgan fingerprint density at radius 3 is 2.54 bits per heavy atom. The van der Waals surface area contributed by atoms with Crippen LogP contribution in [0.15, 0.2) is 77.4 Å². The minimum absolute atomic E-state index is 0.00301. The number of likely N-dealkylation sites (tertiary alicyclic amines) is 1. The van der Waals surface area contributed by atoms with E-state index >= 15 is 0 Å². The van der Waals surface area contributed by atoms with E-state index in [-0.39, 0.29) is 29.7 Å². The Morgan fingerprint density at radius 2 is 1.85 bits per heavy atom. The summed E-state index contributed by atoms with van der Waals surface area (Å²) in [6, 6.07) is 18.1. The predicted octanol–water partition coefficient (Wildman–Crippen LogP) is 4.00. The maximum atomic E-state index is 13.9. The molecule has 41 heavy (non-hydrogen) atoms. The fraction of sp³-hybridized carbons (Fsp3) is 0.300. The van der Waals surface area contributed by atoms with Gasteiger partial charge in [-0.25, -0.2) is 14.8 Å². The van der Waals surface area contributed by atoms with Crippen molar-refractivity contribution in [2.45, 2.75) is 38.8 Å². The second-order valence-corrected chi connectivity index (χ2v) is 10.2. The van der Waals surface area contributed by atoms with E-state index in [1.54, 1.807) is 53.7 Å². The summed E-state index contributed by atoms with van der Waals surface area (Å²) < 4.78 is 14.6. The van der Waals surface area contributed by atoms with Crippen LogP contribution < -0.4 is 16.2 Å². The zero-order chi connectivity index (χ0) is 29.1. The van der Waals surface area contributed by atoms with E-state index in [9.17, 15) is 14.9 Å². The number of amides is 1. The average molecular weight is 554 g/mol. The van der Waals surface area contributed by atoms with E-state index in [1.807, 2.05) is 43.3 Å². The van der Waals surface area contributed by atoms with Crippen LogP contribution >= 0.6 is 0 Å². The number of ether oxygens (including phenoxy) is 2. The zero-order valence-electron chi connectivity index (χ0n) is 23.2. The molecule has 0 saturated carbocycles. The molecule has 0 aliphatic carbocycles. The maximum absolute atomic E-state index is 13.9. The number of nitrogen functional groups attached to an aromatic ring is 1. The number of nitriles is 1. The van der Waals surface area contributed by atoms with E-state index in [4.69, 9.17) is 15.2 Å². The molecule has 0 radical (unpaired) electrons. The van der Waals surface area contributed by atoms with Crippen LogP contribution in [0.4, 0.5) is 5.82 Å². The lowest BCUT2D eigenvalue weighted by Gasteiger charge is -2.22. The largest absolute Gasteiger partial charge is 0.457 e. The van der Waals surface area contributed by atoms with Gasteiger partial charge in [0.25, 0.3) is 5.91 Å². The number of nitrogens with two attached hydrogens (primary N) is 1. The van der Waals surface area contributed by atoms with Gasteiger partial charge >= 0.3 is 5.69 Å². The average Bonchev–Trinajstić information content (AvgIpc) is 3.55. The zero-order valence-corrected chi connectivity index (χ0v) is 23.2. The number of carbonyl (C=O) groups is 1. The van der Waals surface area contributed by atoms with Crippen molar-refractivity contribution in [3.05, 3.63) is 83.1 Å². The molecule has 210 valence electrons. The van der Waals surface area contributed by atoms with E-state index in [0.717, 1.165) is 0 Å². The summed E-state index contributed by atoms with van der Waals surface area (Å²) >= 11 is 0. The van der Waals surface area contributed by atoms with Gasteiger partial charge in [-0.3, -0.25) is 13.9 Å². The number of para-hydroxylation sites is 1. The van der Waals surface area contributed by atoms with Gasteiger partial charge in [0.2, 0.25) is 0 Å². The molecule has 2 N–H and O–H groups in total. The van der Waals surface area contributed by atoms with Crippen LogP contribution in [-0.2, 0) is 9.53 Å². The van der Waals surface area contributed by atoms with E-state index in [2.05, 4.69) is 9.97 Å². The second kappa shape index (κ2) is 11.3.